The molecule has 0 saturated heterocycles. The monoisotopic (exact) mass is 416 g/mol. The van der Waals surface area contributed by atoms with E-state index in [2.05, 4.69) is 4.98 Å². The van der Waals surface area contributed by atoms with Gasteiger partial charge in [-0.3, -0.25) is 4.57 Å². The molecule has 0 saturated carbocycles. The second-order valence-electron chi connectivity index (χ2n) is 5.72. The largest absolute Gasteiger partial charge is 0.504 e. The van der Waals surface area contributed by atoms with Gasteiger partial charge in [0.25, 0.3) is 0 Å². The molecule has 1 aromatic heterocycles. The summed E-state index contributed by atoms with van der Waals surface area (Å²) in [5.41, 5.74) is 2.11. The summed E-state index contributed by atoms with van der Waals surface area (Å²) in [6.07, 6.45) is 3.13. The van der Waals surface area contributed by atoms with Gasteiger partial charge in [-0.05, 0) is 49.4 Å². The van der Waals surface area contributed by atoms with Crippen molar-refractivity contribution in [3.05, 3.63) is 76.2 Å². The molecule has 28 heavy (non-hydrogen) atoms. The fourth-order valence-corrected chi connectivity index (χ4v) is 3.08. The van der Waals surface area contributed by atoms with Crippen LogP contribution in [-0.2, 0) is 9.47 Å². The average Bonchev–Trinajstić information content (AvgIpc) is 3.07. The molecule has 0 bridgehead atoms. The Bertz CT molecular complexity index is 1010. The van der Waals surface area contributed by atoms with E-state index in [1.807, 2.05) is 30.3 Å². The van der Waals surface area contributed by atoms with Crippen molar-refractivity contribution in [1.29, 1.82) is 0 Å². The minimum atomic E-state index is -0.528. The molecule has 0 spiro atoms. The lowest BCUT2D eigenvalue weighted by Gasteiger charge is -2.12. The highest BCUT2D eigenvalue weighted by Crippen LogP contribution is 2.32. The minimum absolute atomic E-state index is 0.167. The number of hydrogen-bond donors (Lipinski definition) is 0. The average molecular weight is 417 g/mol. The van der Waals surface area contributed by atoms with Crippen LogP contribution in [0.4, 0.5) is 0 Å². The van der Waals surface area contributed by atoms with Crippen LogP contribution in [0.1, 0.15) is 23.1 Å². The molecule has 0 radical (unpaired) electrons. The molecule has 3 rings (SSSR count). The van der Waals surface area contributed by atoms with E-state index in [1.54, 1.807) is 35.8 Å². The number of rotatable bonds is 6. The van der Waals surface area contributed by atoms with Crippen molar-refractivity contribution in [2.24, 2.45) is 0 Å². The van der Waals surface area contributed by atoms with E-state index >= 15 is 0 Å². The molecule has 0 atom stereocenters. The number of nitrogens with zero attached hydrogens (tertiary/aromatic N) is 2. The Labute approximate surface area is 173 Å². The third-order valence-corrected chi connectivity index (χ3v) is 4.51. The summed E-state index contributed by atoms with van der Waals surface area (Å²) in [5.74, 6) is 0.00263. The molecule has 1 heterocycles. The quantitative estimate of drug-likeness (QED) is 0.385. The smallest absolute Gasteiger partial charge is 0.359 e. The number of para-hydroxylation sites is 1. The second-order valence-corrected chi connectivity index (χ2v) is 6.57. The molecule has 0 N–H and O–H groups in total. The molecule has 0 aliphatic carbocycles. The molecule has 3 aromatic rings. The van der Waals surface area contributed by atoms with Gasteiger partial charge in [-0.15, -0.1) is 0 Å². The fourth-order valence-electron chi connectivity index (χ4n) is 2.74. The molecule has 0 fully saturated rings. The van der Waals surface area contributed by atoms with E-state index in [9.17, 15) is 4.79 Å². The van der Waals surface area contributed by atoms with Crippen LogP contribution in [0.15, 0.2) is 54.8 Å². The lowest BCUT2D eigenvalue weighted by molar-refractivity contribution is 0.0520. The first-order valence-electron chi connectivity index (χ1n) is 8.56. The highest BCUT2D eigenvalue weighted by Gasteiger charge is 2.24. The molecule has 144 valence electrons. The lowest BCUT2D eigenvalue weighted by atomic mass is 10.2. The summed E-state index contributed by atoms with van der Waals surface area (Å²) >= 11 is 12.5. The number of hydrogen-bond acceptors (Lipinski definition) is 4. The third kappa shape index (κ3) is 4.06. The fraction of sp³-hybridized carbons (Fsp3) is 0.143. The van der Waals surface area contributed by atoms with Crippen LogP contribution >= 0.6 is 23.2 Å². The van der Waals surface area contributed by atoms with Crippen LogP contribution in [-0.4, -0.2) is 29.2 Å². The standard InChI is InChI=1S/C21H18Cl2N2O3/c1-3-28-21(26)19-18(12-13-27-2)25(17-7-5-4-6-16(17)23)20(24-19)14-8-10-15(22)11-9-14/h4-13H,3H2,1-2H3. The van der Waals surface area contributed by atoms with E-state index in [4.69, 9.17) is 32.7 Å². The highest BCUT2D eigenvalue weighted by atomic mass is 35.5. The van der Waals surface area contributed by atoms with Crippen LogP contribution in [0.25, 0.3) is 23.2 Å². The van der Waals surface area contributed by atoms with Crippen LogP contribution in [0.5, 0.6) is 0 Å². The van der Waals surface area contributed by atoms with Gasteiger partial charge in [-0.1, -0.05) is 35.3 Å². The zero-order valence-electron chi connectivity index (χ0n) is 15.4. The van der Waals surface area contributed by atoms with Crippen LogP contribution in [0.3, 0.4) is 0 Å². The zero-order chi connectivity index (χ0) is 20.1. The molecule has 7 heteroatoms. The van der Waals surface area contributed by atoms with Gasteiger partial charge in [0, 0.05) is 10.6 Å². The molecular weight excluding hydrogens is 399 g/mol. The molecule has 0 aliphatic heterocycles. The van der Waals surface area contributed by atoms with E-state index in [1.165, 1.54) is 13.4 Å². The zero-order valence-corrected chi connectivity index (χ0v) is 16.9. The summed E-state index contributed by atoms with van der Waals surface area (Å²) in [4.78, 5) is 17.1. The third-order valence-electron chi connectivity index (χ3n) is 3.94. The van der Waals surface area contributed by atoms with Crippen molar-refractivity contribution >= 4 is 35.2 Å². The molecule has 5 nitrogen and oxygen atoms in total. The number of carbonyl (C=O) groups excluding carboxylic acids is 1. The topological polar surface area (TPSA) is 53.3 Å². The van der Waals surface area contributed by atoms with E-state index < -0.39 is 5.97 Å². The Morgan fingerprint density at radius 1 is 1.14 bits per heavy atom. The highest BCUT2D eigenvalue weighted by molar-refractivity contribution is 6.32. The van der Waals surface area contributed by atoms with Gasteiger partial charge < -0.3 is 9.47 Å². The maximum atomic E-state index is 12.6. The first-order valence-corrected chi connectivity index (χ1v) is 9.32. The number of benzene rings is 2. The van der Waals surface area contributed by atoms with Gasteiger partial charge >= 0.3 is 5.97 Å². The van der Waals surface area contributed by atoms with Crippen LogP contribution in [0.2, 0.25) is 10.0 Å². The van der Waals surface area contributed by atoms with Crippen LogP contribution in [0, 0.1) is 0 Å². The summed E-state index contributed by atoms with van der Waals surface area (Å²) in [5, 5.41) is 1.11. The van der Waals surface area contributed by atoms with Crippen molar-refractivity contribution in [3.63, 3.8) is 0 Å². The van der Waals surface area contributed by atoms with Crippen LogP contribution < -0.4 is 0 Å². The molecule has 0 aliphatic rings. The SMILES string of the molecule is CCOC(=O)c1nc(-c2ccc(Cl)cc2)n(-c2ccccc2Cl)c1C=COC. The van der Waals surface area contributed by atoms with Crippen molar-refractivity contribution in [1.82, 2.24) is 9.55 Å². The predicted octanol–water partition coefficient (Wildman–Crippen LogP) is 5.64. The van der Waals surface area contributed by atoms with E-state index in [0.29, 0.717) is 27.3 Å². The normalized spacial score (nSPS) is 11.0. The first-order chi connectivity index (χ1) is 13.6. The van der Waals surface area contributed by atoms with Crippen molar-refractivity contribution < 1.29 is 14.3 Å². The Hall–Kier alpha value is -2.76. The number of carbonyl (C=O) groups is 1. The molecule has 0 amide bonds. The van der Waals surface area contributed by atoms with Crippen molar-refractivity contribution in [2.75, 3.05) is 13.7 Å². The molecule has 2 aromatic carbocycles. The maximum Gasteiger partial charge on any atom is 0.359 e. The first kappa shape index (κ1) is 20.0. The lowest BCUT2D eigenvalue weighted by Crippen LogP contribution is -2.08. The minimum Gasteiger partial charge on any atom is -0.504 e. The van der Waals surface area contributed by atoms with E-state index in [-0.39, 0.29) is 12.3 Å². The van der Waals surface area contributed by atoms with Gasteiger partial charge in [-0.2, -0.15) is 0 Å². The van der Waals surface area contributed by atoms with Gasteiger partial charge in [0.15, 0.2) is 5.69 Å². The number of ether oxygens (including phenoxy) is 2. The van der Waals surface area contributed by atoms with E-state index in [0.717, 1.165) is 5.56 Å². The van der Waals surface area contributed by atoms with Crippen molar-refractivity contribution in [3.8, 4) is 17.1 Å². The maximum absolute atomic E-state index is 12.6. The molecular formula is C21H18Cl2N2O3. The Morgan fingerprint density at radius 3 is 2.50 bits per heavy atom. The summed E-state index contributed by atoms with van der Waals surface area (Å²) in [6.45, 7) is 1.98. The van der Waals surface area contributed by atoms with Gasteiger partial charge in [0.05, 0.1) is 36.4 Å². The number of imidazole rings is 1. The number of aromatic nitrogens is 2. The Morgan fingerprint density at radius 2 is 1.86 bits per heavy atom. The van der Waals surface area contributed by atoms with Gasteiger partial charge in [-0.25, -0.2) is 9.78 Å². The summed E-state index contributed by atoms with van der Waals surface area (Å²) < 4.78 is 12.1. The Balaban J connectivity index is 2.34. The van der Waals surface area contributed by atoms with Crippen molar-refractivity contribution in [2.45, 2.75) is 6.92 Å². The Kier molecular flexibility index (Phi) is 6.39. The van der Waals surface area contributed by atoms with Gasteiger partial charge in [0.1, 0.15) is 5.82 Å². The summed E-state index contributed by atoms with van der Waals surface area (Å²) in [7, 11) is 1.52. The molecule has 0 unspecified atom stereocenters. The van der Waals surface area contributed by atoms with Gasteiger partial charge in [0.2, 0.25) is 0 Å². The number of methoxy groups -OCH3 is 1. The second kappa shape index (κ2) is 8.95. The summed E-state index contributed by atoms with van der Waals surface area (Å²) in [6, 6.07) is 14.5. The number of esters is 1. The number of halogens is 2. The predicted molar refractivity (Wildman–Crippen MR) is 111 cm³/mol.